The van der Waals surface area contributed by atoms with Crippen LogP contribution in [0.3, 0.4) is 0 Å². The number of benzene rings is 1. The lowest BCUT2D eigenvalue weighted by molar-refractivity contribution is -0.465. The van der Waals surface area contributed by atoms with Gasteiger partial charge in [-0.25, -0.2) is 4.79 Å². The number of hydrogen-bond donors (Lipinski definition) is 0. The summed E-state index contributed by atoms with van der Waals surface area (Å²) in [6.45, 7) is -0.330. The van der Waals surface area contributed by atoms with Crippen LogP contribution in [0.25, 0.3) is 0 Å². The topological polar surface area (TPSA) is 35.5 Å². The third kappa shape index (κ3) is 2.97. The molecule has 1 unspecified atom stereocenters. The van der Waals surface area contributed by atoms with Gasteiger partial charge in [-0.2, -0.15) is 57.1 Å². The molecule has 3 nitrogen and oxygen atoms in total. The minimum Gasteiger partial charge on any atom is -0.418 e. The third-order valence-corrected chi connectivity index (χ3v) is 4.43. The molecule has 182 valence electrons. The SMILES string of the molecule is CCOC1(C(F)(F)C(F)(F)C(F)(F)C(F)(F)C(F)(F)C(F)(F)F)OC(=O)c2ccccc21. The highest BCUT2D eigenvalue weighted by molar-refractivity contribution is 5.94. The van der Waals surface area contributed by atoms with Gasteiger partial charge in [0.15, 0.2) is 0 Å². The Morgan fingerprint density at radius 3 is 1.72 bits per heavy atom. The summed E-state index contributed by atoms with van der Waals surface area (Å²) in [5.41, 5.74) is -2.34. The van der Waals surface area contributed by atoms with Crippen molar-refractivity contribution in [2.75, 3.05) is 6.61 Å². The molecule has 0 bridgehead atoms. The predicted molar refractivity (Wildman–Crippen MR) is 76.0 cm³/mol. The highest BCUT2D eigenvalue weighted by Crippen LogP contribution is 2.64. The van der Waals surface area contributed by atoms with Gasteiger partial charge >= 0.3 is 47.5 Å². The number of halogens is 13. The zero-order chi connectivity index (χ0) is 25.2. The normalized spacial score (nSPS) is 20.9. The molecule has 0 spiro atoms. The molecule has 16 heteroatoms. The molecule has 0 fully saturated rings. The summed E-state index contributed by atoms with van der Waals surface area (Å²) in [6.07, 6.45) is -7.53. The van der Waals surface area contributed by atoms with E-state index in [-0.39, 0.29) is 0 Å². The maximum absolute atomic E-state index is 14.8. The first-order chi connectivity index (χ1) is 14.2. The fourth-order valence-electron chi connectivity index (χ4n) is 2.80. The van der Waals surface area contributed by atoms with E-state index >= 15 is 0 Å². The number of carbonyl (C=O) groups excluding carboxylic acids is 1. The molecule has 0 saturated heterocycles. The summed E-state index contributed by atoms with van der Waals surface area (Å²) in [6, 6.07) is 2.83. The average Bonchev–Trinajstić information content (AvgIpc) is 2.94. The van der Waals surface area contributed by atoms with Crippen LogP contribution in [0.5, 0.6) is 0 Å². The van der Waals surface area contributed by atoms with Crippen molar-refractivity contribution in [1.29, 1.82) is 0 Å². The Balaban J connectivity index is 2.77. The summed E-state index contributed by atoms with van der Waals surface area (Å²) in [5, 5.41) is 0. The molecular formula is C16H9F13O3. The third-order valence-electron chi connectivity index (χ3n) is 4.43. The van der Waals surface area contributed by atoms with Crippen LogP contribution < -0.4 is 0 Å². The number of rotatable bonds is 7. The summed E-state index contributed by atoms with van der Waals surface area (Å²) in [5.74, 6) is -44.9. The Morgan fingerprint density at radius 2 is 1.25 bits per heavy atom. The second-order valence-corrected chi connectivity index (χ2v) is 6.35. The van der Waals surface area contributed by atoms with E-state index in [9.17, 15) is 61.9 Å². The van der Waals surface area contributed by atoms with Crippen LogP contribution >= 0.6 is 0 Å². The van der Waals surface area contributed by atoms with Gasteiger partial charge < -0.3 is 9.47 Å². The van der Waals surface area contributed by atoms with Crippen molar-refractivity contribution in [3.8, 4) is 0 Å². The molecule has 1 aliphatic heterocycles. The molecule has 0 aliphatic carbocycles. The van der Waals surface area contributed by atoms with Crippen LogP contribution in [-0.2, 0) is 15.3 Å². The largest absolute Gasteiger partial charge is 0.460 e. The minimum atomic E-state index is -8.08. The number of ether oxygens (including phenoxy) is 2. The second-order valence-electron chi connectivity index (χ2n) is 6.35. The molecule has 0 aromatic heterocycles. The van der Waals surface area contributed by atoms with E-state index < -0.39 is 65.3 Å². The van der Waals surface area contributed by atoms with Gasteiger partial charge in [0.05, 0.1) is 5.56 Å². The van der Waals surface area contributed by atoms with Crippen LogP contribution in [0.15, 0.2) is 24.3 Å². The molecule has 1 heterocycles. The monoisotopic (exact) mass is 496 g/mol. The van der Waals surface area contributed by atoms with Crippen LogP contribution in [0.2, 0.25) is 0 Å². The zero-order valence-corrected chi connectivity index (χ0v) is 15.2. The Bertz CT molecular complexity index is 893. The molecule has 1 aromatic rings. The fourth-order valence-corrected chi connectivity index (χ4v) is 2.80. The number of esters is 1. The van der Waals surface area contributed by atoms with Crippen molar-refractivity contribution in [2.45, 2.75) is 48.5 Å². The van der Waals surface area contributed by atoms with Crippen molar-refractivity contribution < 1.29 is 71.3 Å². The van der Waals surface area contributed by atoms with E-state index in [0.717, 1.165) is 19.1 Å². The maximum Gasteiger partial charge on any atom is 0.460 e. The lowest BCUT2D eigenvalue weighted by Crippen LogP contribution is -2.73. The Kier molecular flexibility index (Phi) is 5.78. The van der Waals surface area contributed by atoms with Crippen LogP contribution in [0.1, 0.15) is 22.8 Å². The lowest BCUT2D eigenvalue weighted by atomic mass is 9.86. The molecule has 0 amide bonds. The number of cyclic esters (lactones) is 1. The lowest BCUT2D eigenvalue weighted by Gasteiger charge is -2.44. The summed E-state index contributed by atoms with van der Waals surface area (Å²) in [4.78, 5) is 11.8. The van der Waals surface area contributed by atoms with Crippen molar-refractivity contribution >= 4 is 5.97 Å². The predicted octanol–water partition coefficient (Wildman–Crippen LogP) is 5.79. The van der Waals surface area contributed by atoms with Crippen LogP contribution in [0.4, 0.5) is 57.1 Å². The summed E-state index contributed by atoms with van der Waals surface area (Å²) in [7, 11) is 0. The average molecular weight is 496 g/mol. The molecule has 2 rings (SSSR count). The molecule has 1 aliphatic rings. The molecule has 32 heavy (non-hydrogen) atoms. The number of hydrogen-bond acceptors (Lipinski definition) is 3. The first-order valence-corrected chi connectivity index (χ1v) is 8.10. The van der Waals surface area contributed by atoms with Crippen LogP contribution in [-0.4, -0.2) is 48.4 Å². The van der Waals surface area contributed by atoms with Crippen LogP contribution in [0, 0.1) is 0 Å². The Labute approximate surface area is 169 Å². The van der Waals surface area contributed by atoms with E-state index in [1.165, 1.54) is 0 Å². The van der Waals surface area contributed by atoms with Gasteiger partial charge in [0.25, 0.3) is 0 Å². The van der Waals surface area contributed by atoms with E-state index in [2.05, 4.69) is 9.47 Å². The van der Waals surface area contributed by atoms with Crippen molar-refractivity contribution in [3.05, 3.63) is 35.4 Å². The molecular weight excluding hydrogens is 487 g/mol. The van der Waals surface area contributed by atoms with Crippen molar-refractivity contribution in [2.24, 2.45) is 0 Å². The molecule has 0 saturated carbocycles. The van der Waals surface area contributed by atoms with E-state index in [4.69, 9.17) is 0 Å². The van der Waals surface area contributed by atoms with E-state index in [1.807, 2.05) is 0 Å². The Hall–Kier alpha value is -2.26. The van der Waals surface area contributed by atoms with E-state index in [0.29, 0.717) is 12.1 Å². The fraction of sp³-hybridized carbons (Fsp3) is 0.562. The standard InChI is InChI=1S/C16H9F13O3/c1-2-31-10(8-6-4-3-5-7(8)9(30)32-10)11(17,18)12(19,20)13(21,22)14(23,24)15(25,26)16(27,28)29/h3-6H,2H2,1H3. The van der Waals surface area contributed by atoms with Gasteiger partial charge in [-0.1, -0.05) is 18.2 Å². The molecule has 0 radical (unpaired) electrons. The zero-order valence-electron chi connectivity index (χ0n) is 15.2. The minimum absolute atomic E-state index is 0.417. The van der Waals surface area contributed by atoms with Gasteiger partial charge in [-0.15, -0.1) is 0 Å². The van der Waals surface area contributed by atoms with Gasteiger partial charge in [0.1, 0.15) is 0 Å². The first-order valence-electron chi connectivity index (χ1n) is 8.10. The van der Waals surface area contributed by atoms with Crippen molar-refractivity contribution in [3.63, 3.8) is 0 Å². The highest BCUT2D eigenvalue weighted by atomic mass is 19.4. The smallest absolute Gasteiger partial charge is 0.418 e. The van der Waals surface area contributed by atoms with Gasteiger partial charge in [0.2, 0.25) is 0 Å². The van der Waals surface area contributed by atoms with Crippen molar-refractivity contribution in [1.82, 2.24) is 0 Å². The molecule has 0 N–H and O–H groups in total. The molecule has 1 atom stereocenters. The van der Waals surface area contributed by atoms with Gasteiger partial charge in [0, 0.05) is 12.2 Å². The highest BCUT2D eigenvalue weighted by Gasteiger charge is 2.94. The van der Waals surface area contributed by atoms with Gasteiger partial charge in [-0.3, -0.25) is 0 Å². The number of fused-ring (bicyclic) bond motifs is 1. The number of carbonyl (C=O) groups is 1. The Morgan fingerprint density at radius 1 is 0.781 bits per heavy atom. The second kappa shape index (κ2) is 7.12. The van der Waals surface area contributed by atoms with Gasteiger partial charge in [-0.05, 0) is 13.0 Å². The molecule has 1 aromatic carbocycles. The maximum atomic E-state index is 14.8. The summed E-state index contributed by atoms with van der Waals surface area (Å²) >= 11 is 0. The van der Waals surface area contributed by atoms with E-state index in [1.54, 1.807) is 0 Å². The quantitative estimate of drug-likeness (QED) is 0.355. The first kappa shape index (κ1) is 26.0. The summed E-state index contributed by atoms with van der Waals surface area (Å²) < 4.78 is 184. The number of alkyl halides is 13.